The summed E-state index contributed by atoms with van der Waals surface area (Å²) in [4.78, 5) is 0. The standard InChI is InChI=1S/C28H50/c1-2-4-6-8-10-12-14-16-18-20-24-28-26-22-21-25-27(28)23-19-17-15-13-11-9-7-5-3-1/h15,17,19,23,27-28H,1-14,16,18,20-22,24-26H2. The highest BCUT2D eigenvalue weighted by Crippen LogP contribution is 2.34. The molecule has 0 aromatic carbocycles. The maximum Gasteiger partial charge on any atom is -0.0202 e. The van der Waals surface area contributed by atoms with E-state index in [0.29, 0.717) is 0 Å². The van der Waals surface area contributed by atoms with Crippen LogP contribution in [0.5, 0.6) is 0 Å². The Bertz CT molecular complexity index is 391. The molecular formula is C28H50. The van der Waals surface area contributed by atoms with Crippen molar-refractivity contribution in [3.8, 4) is 0 Å². The molecular weight excluding hydrogens is 336 g/mol. The maximum absolute atomic E-state index is 2.55. The molecule has 0 heterocycles. The van der Waals surface area contributed by atoms with Gasteiger partial charge in [-0.25, -0.2) is 0 Å². The maximum atomic E-state index is 2.55. The van der Waals surface area contributed by atoms with E-state index < -0.39 is 0 Å². The zero-order valence-electron chi connectivity index (χ0n) is 19.0. The monoisotopic (exact) mass is 386 g/mol. The lowest BCUT2D eigenvalue weighted by Gasteiger charge is -2.29. The fourth-order valence-electron chi connectivity index (χ4n) is 5.37. The summed E-state index contributed by atoms with van der Waals surface area (Å²) in [5, 5.41) is 0. The summed E-state index contributed by atoms with van der Waals surface area (Å²) >= 11 is 0. The van der Waals surface area contributed by atoms with Gasteiger partial charge in [0, 0.05) is 0 Å². The summed E-state index contributed by atoms with van der Waals surface area (Å²) in [7, 11) is 0. The van der Waals surface area contributed by atoms with Crippen molar-refractivity contribution in [3.63, 3.8) is 0 Å². The van der Waals surface area contributed by atoms with Crippen LogP contribution in [-0.2, 0) is 0 Å². The minimum absolute atomic E-state index is 0.865. The minimum Gasteiger partial charge on any atom is -0.0845 e. The number of hydrogen-bond donors (Lipinski definition) is 0. The largest absolute Gasteiger partial charge is 0.0845 e. The van der Waals surface area contributed by atoms with Crippen molar-refractivity contribution in [1.29, 1.82) is 0 Å². The Morgan fingerprint density at radius 2 is 0.821 bits per heavy atom. The van der Waals surface area contributed by atoms with E-state index in [9.17, 15) is 0 Å². The predicted molar refractivity (Wildman–Crippen MR) is 127 cm³/mol. The Hall–Kier alpha value is -0.520. The number of hydrogen-bond acceptors (Lipinski definition) is 0. The summed E-state index contributed by atoms with van der Waals surface area (Å²) in [6.45, 7) is 0. The number of fused-ring (bicyclic) bond motifs is 1. The zero-order chi connectivity index (χ0) is 19.5. The molecule has 0 heteroatoms. The fraction of sp³-hybridized carbons (Fsp3) is 0.857. The van der Waals surface area contributed by atoms with E-state index in [1.807, 2.05) is 0 Å². The summed E-state index contributed by atoms with van der Waals surface area (Å²) in [6, 6.07) is 0. The van der Waals surface area contributed by atoms with Crippen molar-refractivity contribution in [2.24, 2.45) is 11.8 Å². The average molecular weight is 387 g/mol. The summed E-state index contributed by atoms with van der Waals surface area (Å²) < 4.78 is 0. The first-order valence-electron chi connectivity index (χ1n) is 13.3. The van der Waals surface area contributed by atoms with Crippen LogP contribution >= 0.6 is 0 Å². The summed E-state index contributed by atoms with van der Waals surface area (Å²) in [5.41, 5.74) is 0. The van der Waals surface area contributed by atoms with Crippen molar-refractivity contribution >= 4 is 0 Å². The second kappa shape index (κ2) is 17.3. The van der Waals surface area contributed by atoms with Gasteiger partial charge in [-0.05, 0) is 43.9 Å². The molecule has 28 heavy (non-hydrogen) atoms. The van der Waals surface area contributed by atoms with Crippen molar-refractivity contribution in [2.45, 2.75) is 141 Å². The van der Waals surface area contributed by atoms with Crippen molar-refractivity contribution in [2.75, 3.05) is 0 Å². The van der Waals surface area contributed by atoms with Gasteiger partial charge in [0.05, 0.1) is 0 Å². The molecule has 2 aliphatic rings. The number of rotatable bonds is 0. The lowest BCUT2D eigenvalue weighted by atomic mass is 9.76. The highest BCUT2D eigenvalue weighted by Gasteiger charge is 2.22. The molecule has 2 unspecified atom stereocenters. The van der Waals surface area contributed by atoms with E-state index in [-0.39, 0.29) is 0 Å². The molecule has 0 N–H and O–H groups in total. The molecule has 162 valence electrons. The number of allylic oxidation sites excluding steroid dienone is 4. The molecule has 0 aromatic heterocycles. The average Bonchev–Trinajstić information content (AvgIpc) is 2.72. The van der Waals surface area contributed by atoms with Crippen molar-refractivity contribution in [1.82, 2.24) is 0 Å². The highest BCUT2D eigenvalue weighted by atomic mass is 14.3. The van der Waals surface area contributed by atoms with Crippen LogP contribution in [0.2, 0.25) is 0 Å². The Kier molecular flexibility index (Phi) is 14.7. The normalized spacial score (nSPS) is 28.9. The van der Waals surface area contributed by atoms with Crippen molar-refractivity contribution < 1.29 is 0 Å². The van der Waals surface area contributed by atoms with Crippen LogP contribution < -0.4 is 0 Å². The molecule has 2 rings (SSSR count). The topological polar surface area (TPSA) is 0 Å². The molecule has 0 saturated heterocycles. The van der Waals surface area contributed by atoms with Crippen LogP contribution in [0.25, 0.3) is 0 Å². The Balaban J connectivity index is 1.70. The molecule has 1 saturated carbocycles. The van der Waals surface area contributed by atoms with Gasteiger partial charge in [0.15, 0.2) is 0 Å². The van der Waals surface area contributed by atoms with Gasteiger partial charge >= 0.3 is 0 Å². The molecule has 1 fully saturated rings. The van der Waals surface area contributed by atoms with Gasteiger partial charge in [0.2, 0.25) is 0 Å². The molecule has 0 nitrogen and oxygen atoms in total. The molecule has 2 atom stereocenters. The molecule has 0 radical (unpaired) electrons. The fourth-order valence-corrected chi connectivity index (χ4v) is 5.37. The van der Waals surface area contributed by atoms with Gasteiger partial charge < -0.3 is 0 Å². The minimum atomic E-state index is 0.865. The van der Waals surface area contributed by atoms with Gasteiger partial charge in [0.25, 0.3) is 0 Å². The highest BCUT2D eigenvalue weighted by molar-refractivity contribution is 5.05. The van der Waals surface area contributed by atoms with Gasteiger partial charge in [-0.2, -0.15) is 0 Å². The van der Waals surface area contributed by atoms with E-state index in [1.54, 1.807) is 0 Å². The third-order valence-electron chi connectivity index (χ3n) is 7.27. The molecule has 0 spiro atoms. The SMILES string of the molecule is C1=CCCCCCCCCCCCCCCCCCCC2CCCCC2C=C1. The second-order valence-corrected chi connectivity index (χ2v) is 9.76. The van der Waals surface area contributed by atoms with Crippen LogP contribution in [0, 0.1) is 11.8 Å². The second-order valence-electron chi connectivity index (χ2n) is 9.76. The van der Waals surface area contributed by atoms with E-state index >= 15 is 0 Å². The Morgan fingerprint density at radius 1 is 0.393 bits per heavy atom. The first-order valence-corrected chi connectivity index (χ1v) is 13.3. The summed E-state index contributed by atoms with van der Waals surface area (Å²) in [5.74, 6) is 1.84. The van der Waals surface area contributed by atoms with E-state index in [0.717, 1.165) is 11.8 Å². The first kappa shape index (κ1) is 23.8. The molecule has 2 aliphatic carbocycles. The van der Waals surface area contributed by atoms with E-state index in [1.165, 1.54) is 141 Å². The molecule has 0 aliphatic heterocycles. The van der Waals surface area contributed by atoms with Crippen LogP contribution in [0.4, 0.5) is 0 Å². The first-order chi connectivity index (χ1) is 14.0. The van der Waals surface area contributed by atoms with Crippen molar-refractivity contribution in [3.05, 3.63) is 24.3 Å². The van der Waals surface area contributed by atoms with Crippen LogP contribution in [0.3, 0.4) is 0 Å². The zero-order valence-corrected chi connectivity index (χ0v) is 19.0. The van der Waals surface area contributed by atoms with Gasteiger partial charge in [-0.3, -0.25) is 0 Å². The Labute approximate surface area is 177 Å². The van der Waals surface area contributed by atoms with Crippen LogP contribution in [-0.4, -0.2) is 0 Å². The molecule has 0 aromatic rings. The van der Waals surface area contributed by atoms with Crippen LogP contribution in [0.1, 0.15) is 141 Å². The predicted octanol–water partition coefficient (Wildman–Crippen LogP) is 9.94. The lowest BCUT2D eigenvalue weighted by Crippen LogP contribution is -2.17. The third-order valence-corrected chi connectivity index (χ3v) is 7.27. The quantitative estimate of drug-likeness (QED) is 0.388. The Morgan fingerprint density at radius 3 is 1.39 bits per heavy atom. The van der Waals surface area contributed by atoms with Crippen LogP contribution in [0.15, 0.2) is 24.3 Å². The smallest absolute Gasteiger partial charge is 0.0202 e. The van der Waals surface area contributed by atoms with Gasteiger partial charge in [-0.15, -0.1) is 0 Å². The third kappa shape index (κ3) is 12.1. The van der Waals surface area contributed by atoms with E-state index in [2.05, 4.69) is 24.3 Å². The lowest BCUT2D eigenvalue weighted by molar-refractivity contribution is 0.261. The van der Waals surface area contributed by atoms with Gasteiger partial charge in [-0.1, -0.05) is 133 Å². The molecule has 0 amide bonds. The summed E-state index contributed by atoms with van der Waals surface area (Å²) in [6.07, 6.45) is 41.8. The van der Waals surface area contributed by atoms with Gasteiger partial charge in [0.1, 0.15) is 0 Å². The van der Waals surface area contributed by atoms with E-state index in [4.69, 9.17) is 0 Å². The molecule has 0 bridgehead atoms.